The Bertz CT molecular complexity index is 822. The van der Waals surface area contributed by atoms with Crippen LogP contribution >= 0.6 is 0 Å². The van der Waals surface area contributed by atoms with E-state index in [4.69, 9.17) is 0 Å². The monoisotopic (exact) mass is 351 g/mol. The summed E-state index contributed by atoms with van der Waals surface area (Å²) >= 11 is 0. The Balaban J connectivity index is 1.47. The first-order chi connectivity index (χ1) is 11.3. The van der Waals surface area contributed by atoms with E-state index in [9.17, 15) is 18.0 Å². The summed E-state index contributed by atoms with van der Waals surface area (Å²) < 4.78 is 23.3. The highest BCUT2D eigenvalue weighted by molar-refractivity contribution is 7.95. The Morgan fingerprint density at radius 3 is 2.62 bits per heavy atom. The van der Waals surface area contributed by atoms with Crippen molar-refractivity contribution in [3.05, 3.63) is 34.0 Å². The minimum Gasteiger partial charge on any atom is -0.357 e. The topological polar surface area (TPSA) is 108 Å². The molecule has 1 aliphatic carbocycles. The minimum absolute atomic E-state index is 0.0132. The van der Waals surface area contributed by atoms with E-state index in [0.29, 0.717) is 17.8 Å². The van der Waals surface area contributed by atoms with Gasteiger partial charge in [-0.05, 0) is 44.2 Å². The molecule has 3 N–H and O–H groups in total. The lowest BCUT2D eigenvalue weighted by molar-refractivity contribution is -0.117. The number of sulfone groups is 1. The van der Waals surface area contributed by atoms with Crippen molar-refractivity contribution in [2.75, 3.05) is 12.3 Å². The molecule has 1 aliphatic heterocycles. The molecule has 1 aromatic heterocycles. The molecule has 1 aromatic rings. The Kier molecular flexibility index (Phi) is 4.25. The smallest absolute Gasteiger partial charge is 0.267 e. The molecule has 0 bridgehead atoms. The highest BCUT2D eigenvalue weighted by Gasteiger charge is 2.39. The van der Waals surface area contributed by atoms with E-state index in [1.54, 1.807) is 12.3 Å². The fourth-order valence-electron chi connectivity index (χ4n) is 2.89. The Morgan fingerprint density at radius 1 is 1.29 bits per heavy atom. The average Bonchev–Trinajstić information content (AvgIpc) is 3.00. The molecule has 2 atom stereocenters. The van der Waals surface area contributed by atoms with Crippen LogP contribution in [0, 0.1) is 12.8 Å². The van der Waals surface area contributed by atoms with Gasteiger partial charge in [-0.15, -0.1) is 0 Å². The summed E-state index contributed by atoms with van der Waals surface area (Å²) in [6.07, 6.45) is 2.85. The molecule has 1 fully saturated rings. The lowest BCUT2D eigenvalue weighted by Crippen LogP contribution is -2.32. The van der Waals surface area contributed by atoms with Gasteiger partial charge in [0.15, 0.2) is 9.84 Å². The van der Waals surface area contributed by atoms with Crippen molar-refractivity contribution in [3.8, 4) is 0 Å². The molecule has 130 valence electrons. The molecular weight excluding hydrogens is 330 g/mol. The Morgan fingerprint density at radius 2 is 2.04 bits per heavy atom. The summed E-state index contributed by atoms with van der Waals surface area (Å²) in [6, 6.07) is 1.83. The number of nitrogens with one attached hydrogen (secondary N) is 3. The molecule has 0 unspecified atom stereocenters. The second-order valence-electron chi connectivity index (χ2n) is 6.48. The third kappa shape index (κ3) is 3.38. The van der Waals surface area contributed by atoms with Gasteiger partial charge >= 0.3 is 0 Å². The van der Waals surface area contributed by atoms with E-state index in [2.05, 4.69) is 15.6 Å². The number of H-pyrrole nitrogens is 1. The van der Waals surface area contributed by atoms with Crippen molar-refractivity contribution in [2.24, 2.45) is 5.92 Å². The molecule has 7 nitrogen and oxygen atoms in total. The van der Waals surface area contributed by atoms with Gasteiger partial charge in [-0.1, -0.05) is 0 Å². The summed E-state index contributed by atoms with van der Waals surface area (Å²) in [5.74, 6) is -0.264. The van der Waals surface area contributed by atoms with Crippen LogP contribution in [0.3, 0.4) is 0 Å². The van der Waals surface area contributed by atoms with Gasteiger partial charge in [0.2, 0.25) is 5.91 Å². The first-order valence-corrected chi connectivity index (χ1v) is 9.60. The van der Waals surface area contributed by atoms with Crippen LogP contribution in [-0.4, -0.2) is 43.6 Å². The number of allylic oxidation sites excluding steroid dienone is 1. The normalized spacial score (nSPS) is 24.8. The van der Waals surface area contributed by atoms with E-state index in [1.807, 2.05) is 6.92 Å². The van der Waals surface area contributed by atoms with Gasteiger partial charge in [0, 0.05) is 29.3 Å². The van der Waals surface area contributed by atoms with Crippen LogP contribution < -0.4 is 10.6 Å². The van der Waals surface area contributed by atoms with Gasteiger partial charge in [-0.3, -0.25) is 9.59 Å². The maximum absolute atomic E-state index is 12.1. The predicted molar refractivity (Wildman–Crippen MR) is 89.0 cm³/mol. The van der Waals surface area contributed by atoms with Gasteiger partial charge in [0.05, 0.1) is 5.75 Å². The molecule has 0 aromatic carbocycles. The average molecular weight is 351 g/mol. The van der Waals surface area contributed by atoms with Crippen molar-refractivity contribution in [3.63, 3.8) is 0 Å². The van der Waals surface area contributed by atoms with Crippen LogP contribution in [0.1, 0.15) is 35.8 Å². The lowest BCUT2D eigenvalue weighted by atomic mass is 10.2. The Hall–Kier alpha value is -2.09. The molecule has 2 amide bonds. The summed E-state index contributed by atoms with van der Waals surface area (Å²) in [5.41, 5.74) is 1.88. The zero-order chi connectivity index (χ0) is 17.5. The lowest BCUT2D eigenvalue weighted by Gasteiger charge is -2.07. The number of amides is 2. The van der Waals surface area contributed by atoms with E-state index in [1.165, 1.54) is 6.92 Å². The summed E-state index contributed by atoms with van der Waals surface area (Å²) in [6.45, 7) is 3.82. The van der Waals surface area contributed by atoms with Gasteiger partial charge in [-0.25, -0.2) is 8.42 Å². The van der Waals surface area contributed by atoms with E-state index in [-0.39, 0.29) is 40.9 Å². The second-order valence-corrected chi connectivity index (χ2v) is 8.73. The number of carbonyl (C=O) groups excluding carboxylic acids is 2. The molecule has 8 heteroatoms. The largest absolute Gasteiger partial charge is 0.357 e. The molecule has 0 radical (unpaired) electrons. The number of aromatic amines is 1. The van der Waals surface area contributed by atoms with Crippen LogP contribution in [0.2, 0.25) is 0 Å². The quantitative estimate of drug-likeness (QED) is 0.724. The number of hydrogen-bond donors (Lipinski definition) is 3. The number of aromatic nitrogens is 1. The first kappa shape index (κ1) is 16.8. The molecular formula is C16H21N3O4S. The predicted octanol–water partition coefficient (Wildman–Crippen LogP) is 0.650. The fourth-order valence-corrected chi connectivity index (χ4v) is 4.24. The molecule has 0 spiro atoms. The summed E-state index contributed by atoms with van der Waals surface area (Å²) in [5, 5.41) is 5.70. The zero-order valence-electron chi connectivity index (χ0n) is 13.7. The molecule has 3 rings (SSSR count). The van der Waals surface area contributed by atoms with Gasteiger partial charge < -0.3 is 15.6 Å². The van der Waals surface area contributed by atoms with E-state index >= 15 is 0 Å². The molecule has 24 heavy (non-hydrogen) atoms. The van der Waals surface area contributed by atoms with Crippen molar-refractivity contribution >= 4 is 21.7 Å². The third-order valence-corrected chi connectivity index (χ3v) is 6.54. The SMILES string of the molecule is CC1=C(C(=O)NC[C@@H]2C[C@@H]2NC(=O)c2cc(C)c[nH]2)CCS1(=O)=O. The van der Waals surface area contributed by atoms with Crippen LogP contribution in [0.25, 0.3) is 0 Å². The van der Waals surface area contributed by atoms with Gasteiger partial charge in [0.25, 0.3) is 5.91 Å². The maximum Gasteiger partial charge on any atom is 0.267 e. The van der Waals surface area contributed by atoms with Crippen molar-refractivity contribution in [1.82, 2.24) is 15.6 Å². The highest BCUT2D eigenvalue weighted by Crippen LogP contribution is 2.30. The molecule has 2 heterocycles. The van der Waals surface area contributed by atoms with Crippen LogP contribution in [0.4, 0.5) is 0 Å². The molecule has 1 saturated carbocycles. The van der Waals surface area contributed by atoms with Gasteiger partial charge in [0.1, 0.15) is 5.69 Å². The number of rotatable bonds is 5. The van der Waals surface area contributed by atoms with Crippen LogP contribution in [-0.2, 0) is 14.6 Å². The third-order valence-electron chi connectivity index (χ3n) is 4.62. The summed E-state index contributed by atoms with van der Waals surface area (Å²) in [4.78, 5) is 27.2. The van der Waals surface area contributed by atoms with Crippen molar-refractivity contribution in [1.29, 1.82) is 0 Å². The number of aryl methyl sites for hydroxylation is 1. The number of carbonyl (C=O) groups is 2. The van der Waals surface area contributed by atoms with Crippen molar-refractivity contribution < 1.29 is 18.0 Å². The Labute approximate surface area is 140 Å². The van der Waals surface area contributed by atoms with Crippen LogP contribution in [0.5, 0.6) is 0 Å². The second kappa shape index (κ2) is 6.08. The van der Waals surface area contributed by atoms with E-state index in [0.717, 1.165) is 12.0 Å². The molecule has 0 saturated heterocycles. The zero-order valence-corrected chi connectivity index (χ0v) is 14.5. The fraction of sp³-hybridized carbons (Fsp3) is 0.500. The maximum atomic E-state index is 12.1. The first-order valence-electron chi connectivity index (χ1n) is 7.94. The van der Waals surface area contributed by atoms with Crippen molar-refractivity contribution in [2.45, 2.75) is 32.7 Å². The molecule has 2 aliphatic rings. The highest BCUT2D eigenvalue weighted by atomic mass is 32.2. The van der Waals surface area contributed by atoms with Gasteiger partial charge in [-0.2, -0.15) is 0 Å². The van der Waals surface area contributed by atoms with Crippen LogP contribution in [0.15, 0.2) is 22.7 Å². The minimum atomic E-state index is -3.24. The number of hydrogen-bond acceptors (Lipinski definition) is 4. The standard InChI is InChI=1S/C16H21N3O4S/c1-9-5-14(17-7-9)16(21)19-13-6-11(13)8-18-15(20)12-3-4-24(22,23)10(12)2/h5,7,11,13,17H,3-4,6,8H2,1-2H3,(H,18,20)(H,19,21)/t11-,13-/m0/s1. The summed E-state index contributed by atoms with van der Waals surface area (Å²) in [7, 11) is -3.24. The van der Waals surface area contributed by atoms with E-state index < -0.39 is 9.84 Å².